The van der Waals surface area contributed by atoms with Crippen LogP contribution in [-0.4, -0.2) is 11.0 Å². The molecule has 0 saturated carbocycles. The topological polar surface area (TPSA) is 39.2 Å². The van der Waals surface area contributed by atoms with Crippen LogP contribution in [0.4, 0.5) is 0 Å². The Kier molecular flexibility index (Phi) is 4.27. The molecule has 0 aliphatic heterocycles. The van der Waals surface area contributed by atoms with E-state index in [1.54, 1.807) is 24.3 Å². The zero-order valence-corrected chi connectivity index (χ0v) is 12.9. The van der Waals surface area contributed by atoms with Crippen LogP contribution in [0.15, 0.2) is 54.6 Å². The van der Waals surface area contributed by atoms with Crippen LogP contribution in [-0.2, 0) is 11.3 Å². The fraction of sp³-hybridized carbons (Fsp3) is 0.0588. The molecule has 0 aliphatic rings. The van der Waals surface area contributed by atoms with E-state index in [9.17, 15) is 4.79 Å². The lowest BCUT2D eigenvalue weighted by molar-refractivity contribution is 0.0473. The summed E-state index contributed by atoms with van der Waals surface area (Å²) in [5.74, 6) is -0.491. The van der Waals surface area contributed by atoms with Gasteiger partial charge in [0, 0.05) is 10.9 Å². The van der Waals surface area contributed by atoms with Crippen LogP contribution in [0.2, 0.25) is 10.2 Å². The number of esters is 1. The second kappa shape index (κ2) is 6.34. The number of rotatable bonds is 3. The van der Waals surface area contributed by atoms with Gasteiger partial charge in [0.05, 0.1) is 16.1 Å². The highest BCUT2D eigenvalue weighted by atomic mass is 35.5. The lowest BCUT2D eigenvalue weighted by atomic mass is 10.1. The van der Waals surface area contributed by atoms with Gasteiger partial charge in [0.1, 0.15) is 11.8 Å². The smallest absolute Gasteiger partial charge is 0.339 e. The molecule has 0 radical (unpaired) electrons. The summed E-state index contributed by atoms with van der Waals surface area (Å²) in [6.45, 7) is 0.0424. The van der Waals surface area contributed by atoms with E-state index in [0.29, 0.717) is 21.3 Å². The Labute approximate surface area is 137 Å². The first-order chi connectivity index (χ1) is 10.6. The number of ether oxygens (including phenoxy) is 1. The fourth-order valence-corrected chi connectivity index (χ4v) is 2.50. The van der Waals surface area contributed by atoms with Crippen molar-refractivity contribution in [2.45, 2.75) is 6.61 Å². The monoisotopic (exact) mass is 331 g/mol. The van der Waals surface area contributed by atoms with E-state index in [1.165, 1.54) is 0 Å². The number of hydrogen-bond acceptors (Lipinski definition) is 3. The molecule has 3 rings (SSSR count). The molecule has 0 N–H and O–H groups in total. The van der Waals surface area contributed by atoms with Crippen molar-refractivity contribution >= 4 is 40.1 Å². The number of fused-ring (bicyclic) bond motifs is 1. The highest BCUT2D eigenvalue weighted by Gasteiger charge is 2.13. The number of halogens is 2. The van der Waals surface area contributed by atoms with E-state index in [0.717, 1.165) is 10.9 Å². The molecule has 0 saturated heterocycles. The third-order valence-electron chi connectivity index (χ3n) is 3.20. The molecule has 1 aromatic heterocycles. The maximum Gasteiger partial charge on any atom is 0.339 e. The summed E-state index contributed by atoms with van der Waals surface area (Å²) in [6, 6.07) is 16.2. The number of aromatic nitrogens is 1. The van der Waals surface area contributed by atoms with Gasteiger partial charge in [-0.05, 0) is 24.3 Å². The van der Waals surface area contributed by atoms with Crippen LogP contribution < -0.4 is 0 Å². The van der Waals surface area contributed by atoms with Gasteiger partial charge in [-0.1, -0.05) is 53.5 Å². The van der Waals surface area contributed by atoms with Gasteiger partial charge in [-0.25, -0.2) is 9.78 Å². The van der Waals surface area contributed by atoms with Crippen LogP contribution in [0.5, 0.6) is 0 Å². The van der Waals surface area contributed by atoms with Crippen LogP contribution in [0.3, 0.4) is 0 Å². The molecule has 0 aliphatic carbocycles. The number of carbonyl (C=O) groups is 1. The number of para-hydroxylation sites is 1. The molecule has 2 aromatic carbocycles. The lowest BCUT2D eigenvalue weighted by Crippen LogP contribution is -2.06. The second-order valence-corrected chi connectivity index (χ2v) is 5.45. The zero-order chi connectivity index (χ0) is 15.5. The zero-order valence-electron chi connectivity index (χ0n) is 11.4. The molecular weight excluding hydrogens is 321 g/mol. The SMILES string of the molecule is O=C(OCc1cc2ccccc2nc1Cl)c1ccccc1Cl. The Morgan fingerprint density at radius 3 is 2.59 bits per heavy atom. The molecule has 22 heavy (non-hydrogen) atoms. The molecule has 110 valence electrons. The molecule has 0 atom stereocenters. The van der Waals surface area contributed by atoms with E-state index in [4.69, 9.17) is 27.9 Å². The van der Waals surface area contributed by atoms with Crippen molar-refractivity contribution in [2.75, 3.05) is 0 Å². The van der Waals surface area contributed by atoms with Gasteiger partial charge in [0.15, 0.2) is 0 Å². The first-order valence-electron chi connectivity index (χ1n) is 6.61. The first-order valence-corrected chi connectivity index (χ1v) is 7.36. The molecule has 0 unspecified atom stereocenters. The van der Waals surface area contributed by atoms with Gasteiger partial charge in [0.25, 0.3) is 0 Å². The summed E-state index contributed by atoms with van der Waals surface area (Å²) in [6.07, 6.45) is 0. The largest absolute Gasteiger partial charge is 0.457 e. The van der Waals surface area contributed by atoms with Gasteiger partial charge in [-0.15, -0.1) is 0 Å². The van der Waals surface area contributed by atoms with Gasteiger partial charge in [-0.2, -0.15) is 0 Å². The summed E-state index contributed by atoms with van der Waals surface area (Å²) < 4.78 is 5.28. The Bertz CT molecular complexity index is 849. The molecule has 3 aromatic rings. The van der Waals surface area contributed by atoms with Crippen molar-refractivity contribution in [3.8, 4) is 0 Å². The van der Waals surface area contributed by atoms with Crippen molar-refractivity contribution in [3.63, 3.8) is 0 Å². The van der Waals surface area contributed by atoms with E-state index in [-0.39, 0.29) is 6.61 Å². The molecule has 0 spiro atoms. The van der Waals surface area contributed by atoms with Gasteiger partial charge in [0.2, 0.25) is 0 Å². The standard InChI is InChI=1S/C17H11Cl2NO2/c18-14-7-3-2-6-13(14)17(21)22-10-12-9-11-5-1-4-8-15(11)20-16(12)19/h1-9H,10H2. The van der Waals surface area contributed by atoms with Crippen LogP contribution in [0, 0.1) is 0 Å². The molecule has 5 heteroatoms. The predicted molar refractivity (Wildman–Crippen MR) is 87.3 cm³/mol. The van der Waals surface area contributed by atoms with Crippen molar-refractivity contribution in [2.24, 2.45) is 0 Å². The lowest BCUT2D eigenvalue weighted by Gasteiger charge is -2.08. The summed E-state index contributed by atoms with van der Waals surface area (Å²) >= 11 is 12.1. The Hall–Kier alpha value is -2.10. The maximum atomic E-state index is 12.0. The second-order valence-electron chi connectivity index (χ2n) is 4.69. The van der Waals surface area contributed by atoms with E-state index >= 15 is 0 Å². The van der Waals surface area contributed by atoms with Crippen LogP contribution in [0.25, 0.3) is 10.9 Å². The average Bonchev–Trinajstić information content (AvgIpc) is 2.53. The van der Waals surface area contributed by atoms with E-state index in [2.05, 4.69) is 4.98 Å². The molecule has 0 amide bonds. The number of carbonyl (C=O) groups excluding carboxylic acids is 1. The molecule has 0 fully saturated rings. The molecule has 1 heterocycles. The highest BCUT2D eigenvalue weighted by Crippen LogP contribution is 2.22. The predicted octanol–water partition coefficient (Wildman–Crippen LogP) is 4.90. The number of nitrogens with zero attached hydrogens (tertiary/aromatic N) is 1. The first kappa shape index (κ1) is 14.8. The summed E-state index contributed by atoms with van der Waals surface area (Å²) in [5, 5.41) is 1.62. The van der Waals surface area contributed by atoms with Gasteiger partial charge >= 0.3 is 5.97 Å². The minimum atomic E-state index is -0.491. The quantitative estimate of drug-likeness (QED) is 0.506. The Morgan fingerprint density at radius 2 is 1.77 bits per heavy atom. The van der Waals surface area contributed by atoms with E-state index < -0.39 is 5.97 Å². The van der Waals surface area contributed by atoms with E-state index in [1.807, 2.05) is 30.3 Å². The third-order valence-corrected chi connectivity index (χ3v) is 3.86. The number of benzene rings is 2. The minimum Gasteiger partial charge on any atom is -0.457 e. The van der Waals surface area contributed by atoms with Crippen molar-refractivity contribution in [1.82, 2.24) is 4.98 Å². The Morgan fingerprint density at radius 1 is 1.05 bits per heavy atom. The van der Waals surface area contributed by atoms with Crippen molar-refractivity contribution in [3.05, 3.63) is 75.9 Å². The number of pyridine rings is 1. The summed E-state index contributed by atoms with van der Waals surface area (Å²) in [5.41, 5.74) is 1.78. The van der Waals surface area contributed by atoms with Crippen molar-refractivity contribution in [1.29, 1.82) is 0 Å². The van der Waals surface area contributed by atoms with Gasteiger partial charge in [-0.3, -0.25) is 0 Å². The highest BCUT2D eigenvalue weighted by molar-refractivity contribution is 6.33. The molecule has 0 bridgehead atoms. The summed E-state index contributed by atoms with van der Waals surface area (Å²) in [7, 11) is 0. The third kappa shape index (κ3) is 3.06. The summed E-state index contributed by atoms with van der Waals surface area (Å²) in [4.78, 5) is 16.3. The number of hydrogen-bond donors (Lipinski definition) is 0. The maximum absolute atomic E-state index is 12.0. The normalized spacial score (nSPS) is 10.6. The van der Waals surface area contributed by atoms with Crippen LogP contribution >= 0.6 is 23.2 Å². The van der Waals surface area contributed by atoms with Crippen LogP contribution in [0.1, 0.15) is 15.9 Å². The molecular formula is C17H11Cl2NO2. The molecule has 3 nitrogen and oxygen atoms in total. The fourth-order valence-electron chi connectivity index (χ4n) is 2.09. The van der Waals surface area contributed by atoms with Gasteiger partial charge < -0.3 is 4.74 Å². The average molecular weight is 332 g/mol. The minimum absolute atomic E-state index is 0.0424. The van der Waals surface area contributed by atoms with Crippen molar-refractivity contribution < 1.29 is 9.53 Å². The Balaban J connectivity index is 1.80.